The van der Waals surface area contributed by atoms with Crippen LogP contribution in [0.5, 0.6) is 0 Å². The Morgan fingerprint density at radius 3 is 2.81 bits per heavy atom. The number of rotatable bonds is 6. The lowest BCUT2D eigenvalue weighted by molar-refractivity contribution is -0.110. The van der Waals surface area contributed by atoms with Crippen LogP contribution >= 0.6 is 0 Å². The van der Waals surface area contributed by atoms with Gasteiger partial charge in [-0.25, -0.2) is 0 Å². The second-order valence-corrected chi connectivity index (χ2v) is 8.00. The SMILES string of the molecule is Cc1[nH]c(/C=C2\C(=O)Nc3ccccc32)c(C)c1C(=O)NC[C@H](O)CN1CCOCC1. The molecule has 2 amide bonds. The summed E-state index contributed by atoms with van der Waals surface area (Å²) in [5.41, 5.74) is 4.94. The van der Waals surface area contributed by atoms with Crippen LogP contribution in [0.2, 0.25) is 0 Å². The van der Waals surface area contributed by atoms with Crippen molar-refractivity contribution >= 4 is 29.2 Å². The summed E-state index contributed by atoms with van der Waals surface area (Å²) < 4.78 is 5.31. The summed E-state index contributed by atoms with van der Waals surface area (Å²) in [5.74, 6) is -0.404. The van der Waals surface area contributed by atoms with Crippen LogP contribution in [0.15, 0.2) is 24.3 Å². The molecule has 2 aliphatic heterocycles. The topological polar surface area (TPSA) is 107 Å². The van der Waals surface area contributed by atoms with E-state index >= 15 is 0 Å². The predicted octanol–water partition coefficient (Wildman–Crippen LogP) is 1.55. The van der Waals surface area contributed by atoms with Crippen molar-refractivity contribution in [3.8, 4) is 0 Å². The number of nitrogens with zero attached hydrogens (tertiary/aromatic N) is 1. The largest absolute Gasteiger partial charge is 0.390 e. The number of amides is 2. The Balaban J connectivity index is 1.45. The molecule has 0 bridgehead atoms. The molecule has 0 saturated carbocycles. The fourth-order valence-corrected chi connectivity index (χ4v) is 4.13. The number of ether oxygens (including phenoxy) is 1. The number of aromatic nitrogens is 1. The third-order valence-electron chi connectivity index (χ3n) is 5.77. The van der Waals surface area contributed by atoms with E-state index in [-0.39, 0.29) is 18.4 Å². The molecule has 8 nitrogen and oxygen atoms in total. The Morgan fingerprint density at radius 1 is 1.29 bits per heavy atom. The van der Waals surface area contributed by atoms with E-state index in [4.69, 9.17) is 4.74 Å². The van der Waals surface area contributed by atoms with Gasteiger partial charge in [0.25, 0.3) is 11.8 Å². The Labute approximate surface area is 181 Å². The van der Waals surface area contributed by atoms with Crippen LogP contribution in [-0.4, -0.2) is 72.3 Å². The molecular formula is C23H28N4O4. The van der Waals surface area contributed by atoms with Gasteiger partial charge >= 0.3 is 0 Å². The number of para-hydroxylation sites is 1. The molecule has 1 fully saturated rings. The van der Waals surface area contributed by atoms with E-state index < -0.39 is 6.10 Å². The zero-order valence-corrected chi connectivity index (χ0v) is 17.8. The van der Waals surface area contributed by atoms with E-state index in [1.54, 1.807) is 6.08 Å². The highest BCUT2D eigenvalue weighted by Gasteiger charge is 2.25. The van der Waals surface area contributed by atoms with Crippen LogP contribution in [-0.2, 0) is 9.53 Å². The van der Waals surface area contributed by atoms with Crippen LogP contribution in [0.4, 0.5) is 5.69 Å². The Morgan fingerprint density at radius 2 is 2.03 bits per heavy atom. The maximum atomic E-state index is 12.8. The highest BCUT2D eigenvalue weighted by molar-refractivity contribution is 6.34. The quantitative estimate of drug-likeness (QED) is 0.527. The van der Waals surface area contributed by atoms with Crippen molar-refractivity contribution in [1.29, 1.82) is 0 Å². The lowest BCUT2D eigenvalue weighted by Gasteiger charge is -2.28. The number of aromatic amines is 1. The Bertz CT molecular complexity index is 1020. The molecule has 2 aromatic rings. The summed E-state index contributed by atoms with van der Waals surface area (Å²) in [7, 11) is 0. The van der Waals surface area contributed by atoms with Gasteiger partial charge in [-0.05, 0) is 31.6 Å². The van der Waals surface area contributed by atoms with Gasteiger partial charge in [0.2, 0.25) is 0 Å². The standard InChI is InChI=1S/C23H28N4O4/c1-14-20(11-18-17-5-3-4-6-19(17)26-22(18)29)25-15(2)21(14)23(30)24-12-16(28)13-27-7-9-31-10-8-27/h3-6,11,16,25,28H,7-10,12-13H2,1-2H3,(H,24,30)(H,26,29)/b18-11-/t16-/m0/s1. The van der Waals surface area contributed by atoms with Gasteiger partial charge in [-0.15, -0.1) is 0 Å². The lowest BCUT2D eigenvalue weighted by Crippen LogP contribution is -2.44. The minimum absolute atomic E-state index is 0.162. The molecule has 0 spiro atoms. The van der Waals surface area contributed by atoms with Crippen molar-refractivity contribution in [3.63, 3.8) is 0 Å². The van der Waals surface area contributed by atoms with Crippen molar-refractivity contribution in [2.24, 2.45) is 0 Å². The van der Waals surface area contributed by atoms with Gasteiger partial charge < -0.3 is 25.5 Å². The maximum Gasteiger partial charge on any atom is 0.256 e. The van der Waals surface area contributed by atoms with Crippen LogP contribution in [0, 0.1) is 13.8 Å². The first kappa shape index (κ1) is 21.3. The molecule has 3 heterocycles. The Kier molecular flexibility index (Phi) is 6.22. The average Bonchev–Trinajstić information content (AvgIpc) is 3.22. The number of aryl methyl sites for hydroxylation is 1. The lowest BCUT2D eigenvalue weighted by atomic mass is 10.0. The van der Waals surface area contributed by atoms with Gasteiger partial charge in [-0.3, -0.25) is 14.5 Å². The number of β-amino-alcohol motifs (C(OH)–C–C–N with tert-alkyl or cyclic N) is 1. The fraction of sp³-hybridized carbons (Fsp3) is 0.391. The number of H-pyrrole nitrogens is 1. The van der Waals surface area contributed by atoms with Gasteiger partial charge in [0.1, 0.15) is 0 Å². The second-order valence-electron chi connectivity index (χ2n) is 8.00. The molecule has 1 aromatic carbocycles. The number of benzene rings is 1. The Hall–Kier alpha value is -2.94. The number of hydrogen-bond donors (Lipinski definition) is 4. The van der Waals surface area contributed by atoms with E-state index in [0.717, 1.165) is 41.3 Å². The van der Waals surface area contributed by atoms with Crippen molar-refractivity contribution in [2.45, 2.75) is 20.0 Å². The molecule has 31 heavy (non-hydrogen) atoms. The average molecular weight is 425 g/mol. The van der Waals surface area contributed by atoms with Crippen molar-refractivity contribution in [1.82, 2.24) is 15.2 Å². The van der Waals surface area contributed by atoms with Gasteiger partial charge in [0, 0.05) is 48.8 Å². The van der Waals surface area contributed by atoms with Crippen LogP contribution in [0.25, 0.3) is 11.6 Å². The summed E-state index contributed by atoms with van der Waals surface area (Å²) in [6.07, 6.45) is 1.13. The highest BCUT2D eigenvalue weighted by atomic mass is 16.5. The third-order valence-corrected chi connectivity index (χ3v) is 5.77. The first-order valence-electron chi connectivity index (χ1n) is 10.5. The monoisotopic (exact) mass is 424 g/mol. The zero-order chi connectivity index (χ0) is 22.0. The van der Waals surface area contributed by atoms with Crippen molar-refractivity contribution in [2.75, 3.05) is 44.7 Å². The van der Waals surface area contributed by atoms with Gasteiger partial charge in [0.05, 0.1) is 30.5 Å². The fourth-order valence-electron chi connectivity index (χ4n) is 4.13. The second kappa shape index (κ2) is 9.05. The molecular weight excluding hydrogens is 396 g/mol. The van der Waals surface area contributed by atoms with E-state index in [1.165, 1.54) is 0 Å². The van der Waals surface area contributed by atoms with Crippen LogP contribution in [0.3, 0.4) is 0 Å². The van der Waals surface area contributed by atoms with E-state index in [1.807, 2.05) is 38.1 Å². The summed E-state index contributed by atoms with van der Waals surface area (Å²) in [4.78, 5) is 30.6. The van der Waals surface area contributed by atoms with E-state index in [9.17, 15) is 14.7 Å². The van der Waals surface area contributed by atoms with Gasteiger partial charge in [0.15, 0.2) is 0 Å². The molecule has 1 atom stereocenters. The minimum Gasteiger partial charge on any atom is -0.390 e. The molecule has 8 heteroatoms. The maximum absolute atomic E-state index is 12.8. The van der Waals surface area contributed by atoms with E-state index in [0.29, 0.717) is 30.9 Å². The molecule has 4 N–H and O–H groups in total. The first-order chi connectivity index (χ1) is 14.9. The predicted molar refractivity (Wildman–Crippen MR) is 119 cm³/mol. The smallest absolute Gasteiger partial charge is 0.256 e. The minimum atomic E-state index is -0.651. The number of carbonyl (C=O) groups is 2. The highest BCUT2D eigenvalue weighted by Crippen LogP contribution is 2.33. The number of fused-ring (bicyclic) bond motifs is 1. The van der Waals surface area contributed by atoms with E-state index in [2.05, 4.69) is 20.5 Å². The number of aliphatic hydroxyl groups is 1. The number of hydrogen-bond acceptors (Lipinski definition) is 5. The molecule has 1 saturated heterocycles. The summed E-state index contributed by atoms with van der Waals surface area (Å²) in [6, 6.07) is 7.53. The molecule has 0 aliphatic carbocycles. The molecule has 1 aromatic heterocycles. The number of morpholine rings is 1. The number of aliphatic hydroxyl groups excluding tert-OH is 1. The summed E-state index contributed by atoms with van der Waals surface area (Å²) in [6.45, 7) is 7.27. The molecule has 4 rings (SSSR count). The van der Waals surface area contributed by atoms with Crippen molar-refractivity contribution in [3.05, 3.63) is 52.3 Å². The summed E-state index contributed by atoms with van der Waals surface area (Å²) in [5, 5.41) is 16.0. The number of carbonyl (C=O) groups excluding carboxylic acids is 2. The normalized spacial score (nSPS) is 18.7. The molecule has 164 valence electrons. The molecule has 2 aliphatic rings. The first-order valence-corrected chi connectivity index (χ1v) is 10.5. The summed E-state index contributed by atoms with van der Waals surface area (Å²) >= 11 is 0. The van der Waals surface area contributed by atoms with Crippen LogP contribution in [0.1, 0.15) is 32.9 Å². The van der Waals surface area contributed by atoms with Gasteiger partial charge in [-0.2, -0.15) is 0 Å². The number of nitrogens with one attached hydrogen (secondary N) is 3. The van der Waals surface area contributed by atoms with Gasteiger partial charge in [-0.1, -0.05) is 18.2 Å². The zero-order valence-electron chi connectivity index (χ0n) is 17.8. The van der Waals surface area contributed by atoms with Crippen molar-refractivity contribution < 1.29 is 19.4 Å². The third kappa shape index (κ3) is 4.56. The number of anilines is 1. The molecule has 0 radical (unpaired) electrons. The molecule has 0 unspecified atom stereocenters. The van der Waals surface area contributed by atoms with Crippen LogP contribution < -0.4 is 10.6 Å².